The van der Waals surface area contributed by atoms with Gasteiger partial charge < -0.3 is 4.79 Å². The maximum absolute atomic E-state index is 11.1. The van der Waals surface area contributed by atoms with Gasteiger partial charge in [0, 0.05) is 0 Å². The highest BCUT2D eigenvalue weighted by Crippen LogP contribution is 2.14. The normalized spacial score (nSPS) is 12.3. The van der Waals surface area contributed by atoms with Crippen LogP contribution in [0.3, 0.4) is 0 Å². The number of Topliss-reactive ketones (excluding diaryl/α,β-unsaturated/α-hetero) is 1. The van der Waals surface area contributed by atoms with Crippen molar-refractivity contribution in [2.45, 2.75) is 110 Å². The summed E-state index contributed by atoms with van der Waals surface area (Å²) in [4.78, 5) is 21.8. The summed E-state index contributed by atoms with van der Waals surface area (Å²) in [6, 6.07) is 0. The first-order valence-corrected chi connectivity index (χ1v) is 9.68. The van der Waals surface area contributed by atoms with E-state index in [1.54, 1.807) is 0 Å². The van der Waals surface area contributed by atoms with E-state index in [0.29, 0.717) is 0 Å². The molecular weight excluding hydrogens is 272 g/mol. The molecule has 0 rings (SSSR count). The largest absolute Gasteiger partial charge is 0.303 e. The summed E-state index contributed by atoms with van der Waals surface area (Å²) in [5.74, 6) is -0.331. The first-order valence-electron chi connectivity index (χ1n) is 9.68. The van der Waals surface area contributed by atoms with Gasteiger partial charge in [-0.2, -0.15) is 0 Å². The zero-order valence-electron chi connectivity index (χ0n) is 15.1. The van der Waals surface area contributed by atoms with Crippen LogP contribution in [-0.4, -0.2) is 12.1 Å². The molecule has 0 N–H and O–H groups in total. The summed E-state index contributed by atoms with van der Waals surface area (Å²) in [6.07, 6.45) is 20.2. The zero-order chi connectivity index (χ0) is 16.5. The van der Waals surface area contributed by atoms with Gasteiger partial charge in [0.15, 0.2) is 0 Å². The summed E-state index contributed by atoms with van der Waals surface area (Å²) in [7, 11) is 0. The Balaban J connectivity index is 3.14. The average molecular weight is 311 g/mol. The van der Waals surface area contributed by atoms with Crippen LogP contribution in [0.1, 0.15) is 110 Å². The molecule has 130 valence electrons. The van der Waals surface area contributed by atoms with Gasteiger partial charge in [-0.3, -0.25) is 4.79 Å². The minimum absolute atomic E-state index is 0.0182. The molecule has 0 fully saturated rings. The molecule has 0 bridgehead atoms. The zero-order valence-corrected chi connectivity index (χ0v) is 15.1. The topological polar surface area (TPSA) is 34.1 Å². The number of hydrogen-bond donors (Lipinski definition) is 0. The summed E-state index contributed by atoms with van der Waals surface area (Å²) in [5, 5.41) is 0. The Kier molecular flexibility index (Phi) is 16.2. The molecular formula is C20H38O2. The third kappa shape index (κ3) is 14.3. The van der Waals surface area contributed by atoms with Crippen LogP contribution in [0, 0.1) is 5.92 Å². The molecule has 0 aromatic heterocycles. The van der Waals surface area contributed by atoms with E-state index in [1.807, 2.05) is 0 Å². The number of rotatable bonds is 17. The molecule has 0 aromatic rings. The van der Waals surface area contributed by atoms with E-state index in [4.69, 9.17) is 0 Å². The smallest absolute Gasteiger partial charge is 0.139 e. The van der Waals surface area contributed by atoms with Crippen LogP contribution in [0.25, 0.3) is 0 Å². The Labute approximate surface area is 138 Å². The molecule has 0 aliphatic heterocycles. The fourth-order valence-electron chi connectivity index (χ4n) is 2.93. The summed E-state index contributed by atoms with van der Waals surface area (Å²) in [6.45, 7) is 3.78. The van der Waals surface area contributed by atoms with Gasteiger partial charge in [0.1, 0.15) is 12.1 Å². The fraction of sp³-hybridized carbons (Fsp3) is 0.900. The summed E-state index contributed by atoms with van der Waals surface area (Å²) in [5.41, 5.74) is 0. The predicted octanol–water partition coefficient (Wildman–Crippen LogP) is 6.26. The molecule has 0 saturated carbocycles. The van der Waals surface area contributed by atoms with E-state index in [2.05, 4.69) is 6.92 Å². The maximum atomic E-state index is 11.1. The van der Waals surface area contributed by atoms with Crippen LogP contribution in [-0.2, 0) is 9.59 Å². The van der Waals surface area contributed by atoms with Crippen molar-refractivity contribution in [3.8, 4) is 0 Å². The first kappa shape index (κ1) is 21.3. The van der Waals surface area contributed by atoms with Crippen LogP contribution in [0.15, 0.2) is 0 Å². The van der Waals surface area contributed by atoms with E-state index >= 15 is 0 Å². The molecule has 2 nitrogen and oxygen atoms in total. The molecule has 0 radical (unpaired) electrons. The lowest BCUT2D eigenvalue weighted by Gasteiger charge is -2.06. The molecule has 0 aliphatic carbocycles. The molecule has 22 heavy (non-hydrogen) atoms. The Bertz CT molecular complexity index is 260. The van der Waals surface area contributed by atoms with E-state index in [1.165, 1.54) is 84.0 Å². The van der Waals surface area contributed by atoms with Gasteiger partial charge in [0.05, 0.1) is 5.92 Å². The average Bonchev–Trinajstić information content (AvgIpc) is 2.51. The number of aldehydes is 1. The van der Waals surface area contributed by atoms with Gasteiger partial charge in [-0.05, 0) is 13.3 Å². The summed E-state index contributed by atoms with van der Waals surface area (Å²) < 4.78 is 0. The molecule has 0 aromatic carbocycles. The van der Waals surface area contributed by atoms with Gasteiger partial charge in [-0.1, -0.05) is 96.8 Å². The maximum Gasteiger partial charge on any atom is 0.139 e. The standard InChI is InChI=1S/C20H38O2/c1-3-4-5-6-7-8-9-10-11-12-13-14-15-16-17-20(18-21)19(2)22/h18,20H,3-17H2,1-2H3. The molecule has 0 amide bonds. The van der Waals surface area contributed by atoms with Crippen molar-refractivity contribution in [2.75, 3.05) is 0 Å². The van der Waals surface area contributed by atoms with Crippen molar-refractivity contribution >= 4 is 12.1 Å². The van der Waals surface area contributed by atoms with Gasteiger partial charge in [-0.15, -0.1) is 0 Å². The number of unbranched alkanes of at least 4 members (excludes halogenated alkanes) is 13. The number of hydrogen-bond acceptors (Lipinski definition) is 2. The van der Waals surface area contributed by atoms with Crippen molar-refractivity contribution in [3.63, 3.8) is 0 Å². The lowest BCUT2D eigenvalue weighted by Crippen LogP contribution is -2.11. The highest BCUT2D eigenvalue weighted by atomic mass is 16.1. The van der Waals surface area contributed by atoms with E-state index < -0.39 is 0 Å². The lowest BCUT2D eigenvalue weighted by molar-refractivity contribution is -0.125. The van der Waals surface area contributed by atoms with Gasteiger partial charge in [0.2, 0.25) is 0 Å². The quantitative estimate of drug-likeness (QED) is 0.180. The first-order chi connectivity index (χ1) is 10.7. The van der Waals surface area contributed by atoms with Crippen molar-refractivity contribution in [2.24, 2.45) is 5.92 Å². The number of carbonyl (C=O) groups excluding carboxylic acids is 2. The SMILES string of the molecule is CCCCCCCCCCCCCCCCC(C=O)C(C)=O. The molecule has 1 atom stereocenters. The van der Waals surface area contributed by atoms with Crippen LogP contribution in [0.2, 0.25) is 0 Å². The molecule has 0 heterocycles. The monoisotopic (exact) mass is 310 g/mol. The molecule has 0 spiro atoms. The predicted molar refractivity (Wildman–Crippen MR) is 95.2 cm³/mol. The molecule has 2 heteroatoms. The summed E-state index contributed by atoms with van der Waals surface area (Å²) >= 11 is 0. The van der Waals surface area contributed by atoms with Gasteiger partial charge in [-0.25, -0.2) is 0 Å². The van der Waals surface area contributed by atoms with Crippen molar-refractivity contribution in [3.05, 3.63) is 0 Å². The van der Waals surface area contributed by atoms with Crippen LogP contribution >= 0.6 is 0 Å². The minimum atomic E-state index is -0.350. The fourth-order valence-corrected chi connectivity index (χ4v) is 2.93. The molecule has 0 saturated heterocycles. The number of carbonyl (C=O) groups is 2. The van der Waals surface area contributed by atoms with Crippen LogP contribution < -0.4 is 0 Å². The minimum Gasteiger partial charge on any atom is -0.303 e. The van der Waals surface area contributed by atoms with Crippen molar-refractivity contribution in [1.82, 2.24) is 0 Å². The lowest BCUT2D eigenvalue weighted by atomic mass is 9.98. The van der Waals surface area contributed by atoms with Gasteiger partial charge >= 0.3 is 0 Å². The molecule has 0 aliphatic rings. The van der Waals surface area contributed by atoms with E-state index in [0.717, 1.165) is 25.5 Å². The third-order valence-corrected chi connectivity index (χ3v) is 4.56. The third-order valence-electron chi connectivity index (χ3n) is 4.56. The second kappa shape index (κ2) is 16.7. The van der Waals surface area contributed by atoms with Crippen molar-refractivity contribution < 1.29 is 9.59 Å². The van der Waals surface area contributed by atoms with Crippen LogP contribution in [0.4, 0.5) is 0 Å². The molecule has 1 unspecified atom stereocenters. The highest BCUT2D eigenvalue weighted by molar-refractivity contribution is 5.91. The van der Waals surface area contributed by atoms with Crippen LogP contribution in [0.5, 0.6) is 0 Å². The second-order valence-electron chi connectivity index (χ2n) is 6.74. The Morgan fingerprint density at radius 1 is 0.727 bits per heavy atom. The van der Waals surface area contributed by atoms with Gasteiger partial charge in [0.25, 0.3) is 0 Å². The second-order valence-corrected chi connectivity index (χ2v) is 6.74. The highest BCUT2D eigenvalue weighted by Gasteiger charge is 2.11. The Morgan fingerprint density at radius 3 is 1.41 bits per heavy atom. The van der Waals surface area contributed by atoms with E-state index in [-0.39, 0.29) is 11.7 Å². The van der Waals surface area contributed by atoms with E-state index in [9.17, 15) is 9.59 Å². The Morgan fingerprint density at radius 2 is 1.09 bits per heavy atom. The number of ketones is 1. The van der Waals surface area contributed by atoms with Crippen molar-refractivity contribution in [1.29, 1.82) is 0 Å². The Hall–Kier alpha value is -0.660.